The molecule has 0 unspecified atom stereocenters. The lowest BCUT2D eigenvalue weighted by Crippen LogP contribution is -2.34. The second-order valence-corrected chi connectivity index (χ2v) is 6.51. The number of hydrogen-bond acceptors (Lipinski definition) is 6. The highest BCUT2D eigenvalue weighted by Crippen LogP contribution is 2.47. The maximum Gasteiger partial charge on any atom is 0.341 e. The first-order chi connectivity index (χ1) is 12.5. The fourth-order valence-corrected chi connectivity index (χ4v) is 3.23. The van der Waals surface area contributed by atoms with Crippen LogP contribution >= 0.6 is 0 Å². The number of nitrogens with one attached hydrogen (secondary N) is 1. The van der Waals surface area contributed by atoms with Crippen LogP contribution in [0.1, 0.15) is 36.0 Å². The molecule has 0 saturated heterocycles. The molecule has 0 radical (unpaired) electrons. The molecular formula is C18H19N3O5. The van der Waals surface area contributed by atoms with E-state index in [1.807, 2.05) is 0 Å². The number of amides is 1. The van der Waals surface area contributed by atoms with Crippen LogP contribution in [0.25, 0.3) is 0 Å². The van der Waals surface area contributed by atoms with Gasteiger partial charge >= 0.3 is 5.97 Å². The zero-order chi connectivity index (χ0) is 18.1. The average Bonchev–Trinajstić information content (AvgIpc) is 3.33. The molecule has 26 heavy (non-hydrogen) atoms. The van der Waals surface area contributed by atoms with Crippen LogP contribution in [0.2, 0.25) is 0 Å². The summed E-state index contributed by atoms with van der Waals surface area (Å²) < 4.78 is 18.4. The van der Waals surface area contributed by atoms with E-state index >= 15 is 0 Å². The zero-order valence-corrected chi connectivity index (χ0v) is 14.4. The van der Waals surface area contributed by atoms with Gasteiger partial charge in [0, 0.05) is 37.8 Å². The molecule has 136 valence electrons. The summed E-state index contributed by atoms with van der Waals surface area (Å²) in [5, 5.41) is 6.58. The molecule has 1 aliphatic carbocycles. The number of ether oxygens (including phenoxy) is 3. The molecule has 2 heterocycles. The number of anilines is 1. The average molecular weight is 357 g/mol. The SMILES string of the molecule is Cn1cc(C(=O)OCC(=O)Nc2ccc3c(c2)OC2(CCCC2)O3)cn1. The van der Waals surface area contributed by atoms with Crippen molar-refractivity contribution in [2.45, 2.75) is 31.5 Å². The van der Waals surface area contributed by atoms with Gasteiger partial charge in [0.2, 0.25) is 0 Å². The van der Waals surface area contributed by atoms with Gasteiger partial charge < -0.3 is 19.5 Å². The highest BCUT2D eigenvalue weighted by atomic mass is 16.7. The van der Waals surface area contributed by atoms with E-state index in [9.17, 15) is 9.59 Å². The molecule has 8 heteroatoms. The van der Waals surface area contributed by atoms with Crippen LogP contribution in [0.3, 0.4) is 0 Å². The summed E-state index contributed by atoms with van der Waals surface area (Å²) in [7, 11) is 1.69. The Labute approximate surface area is 150 Å². The van der Waals surface area contributed by atoms with E-state index in [1.165, 1.54) is 17.1 Å². The molecule has 1 amide bonds. The van der Waals surface area contributed by atoms with Crippen molar-refractivity contribution in [3.63, 3.8) is 0 Å². The molecular weight excluding hydrogens is 338 g/mol. The predicted octanol–water partition coefficient (Wildman–Crippen LogP) is 2.26. The summed E-state index contributed by atoms with van der Waals surface area (Å²) >= 11 is 0. The smallest absolute Gasteiger partial charge is 0.341 e. The highest BCUT2D eigenvalue weighted by Gasteiger charge is 2.44. The third-order valence-electron chi connectivity index (χ3n) is 4.46. The minimum atomic E-state index is -0.595. The second kappa shape index (κ2) is 6.36. The van der Waals surface area contributed by atoms with Crippen LogP contribution < -0.4 is 14.8 Å². The Morgan fingerprint density at radius 1 is 1.27 bits per heavy atom. The number of esters is 1. The Morgan fingerprint density at radius 3 is 2.77 bits per heavy atom. The van der Waals surface area contributed by atoms with Crippen molar-refractivity contribution in [1.82, 2.24) is 9.78 Å². The number of nitrogens with zero attached hydrogens (tertiary/aromatic N) is 2. The number of carbonyl (C=O) groups excluding carboxylic acids is 2. The Bertz CT molecular complexity index is 854. The van der Waals surface area contributed by atoms with Gasteiger partial charge in [-0.15, -0.1) is 0 Å². The fourth-order valence-electron chi connectivity index (χ4n) is 3.23. The van der Waals surface area contributed by atoms with Gasteiger partial charge in [0.15, 0.2) is 18.1 Å². The summed E-state index contributed by atoms with van der Waals surface area (Å²) in [4.78, 5) is 23.8. The van der Waals surface area contributed by atoms with Crippen molar-refractivity contribution in [2.75, 3.05) is 11.9 Å². The number of fused-ring (bicyclic) bond motifs is 1. The van der Waals surface area contributed by atoms with E-state index in [0.717, 1.165) is 25.7 Å². The summed E-state index contributed by atoms with van der Waals surface area (Å²) in [6.45, 7) is -0.383. The largest absolute Gasteiger partial charge is 0.452 e. The first-order valence-corrected chi connectivity index (χ1v) is 8.51. The summed E-state index contributed by atoms with van der Waals surface area (Å²) in [5.41, 5.74) is 0.857. The molecule has 1 spiro atoms. The van der Waals surface area contributed by atoms with Crippen molar-refractivity contribution in [1.29, 1.82) is 0 Å². The monoisotopic (exact) mass is 357 g/mol. The Balaban J connectivity index is 1.33. The summed E-state index contributed by atoms with van der Waals surface area (Å²) in [5.74, 6) is -0.256. The zero-order valence-electron chi connectivity index (χ0n) is 14.4. The van der Waals surface area contributed by atoms with Crippen molar-refractivity contribution in [3.05, 3.63) is 36.2 Å². The second-order valence-electron chi connectivity index (χ2n) is 6.51. The number of aromatic nitrogens is 2. The first kappa shape index (κ1) is 16.4. The maximum absolute atomic E-state index is 12.0. The number of hydrogen-bond donors (Lipinski definition) is 1. The minimum absolute atomic E-state index is 0.297. The normalized spacial score (nSPS) is 16.7. The van der Waals surface area contributed by atoms with Crippen LogP contribution in [0.4, 0.5) is 5.69 Å². The Morgan fingerprint density at radius 2 is 2.04 bits per heavy atom. The highest BCUT2D eigenvalue weighted by molar-refractivity contribution is 5.95. The van der Waals surface area contributed by atoms with Crippen molar-refractivity contribution >= 4 is 17.6 Å². The van der Waals surface area contributed by atoms with Crippen LogP contribution in [-0.4, -0.2) is 34.1 Å². The maximum atomic E-state index is 12.0. The lowest BCUT2D eigenvalue weighted by atomic mass is 10.2. The van der Waals surface area contributed by atoms with Gasteiger partial charge in [-0.1, -0.05) is 0 Å². The van der Waals surface area contributed by atoms with Crippen molar-refractivity contribution < 1.29 is 23.8 Å². The molecule has 1 fully saturated rings. The van der Waals surface area contributed by atoms with Gasteiger partial charge in [0.05, 0.1) is 11.8 Å². The molecule has 1 saturated carbocycles. The quantitative estimate of drug-likeness (QED) is 0.844. The van der Waals surface area contributed by atoms with Gasteiger partial charge in [-0.05, 0) is 25.0 Å². The van der Waals surface area contributed by atoms with Crippen molar-refractivity contribution in [3.8, 4) is 11.5 Å². The molecule has 1 aliphatic heterocycles. The molecule has 1 N–H and O–H groups in total. The molecule has 0 bridgehead atoms. The number of aryl methyl sites for hydroxylation is 1. The molecule has 0 atom stereocenters. The summed E-state index contributed by atoms with van der Waals surface area (Å²) in [6, 6.07) is 5.24. The Hall–Kier alpha value is -3.03. The number of rotatable bonds is 4. The molecule has 8 nitrogen and oxygen atoms in total. The molecule has 4 rings (SSSR count). The van der Waals surface area contributed by atoms with E-state index in [0.29, 0.717) is 22.7 Å². The van der Waals surface area contributed by atoms with E-state index in [2.05, 4.69) is 10.4 Å². The lowest BCUT2D eigenvalue weighted by molar-refractivity contribution is -0.119. The molecule has 2 aromatic rings. The van der Waals surface area contributed by atoms with E-state index < -0.39 is 17.7 Å². The van der Waals surface area contributed by atoms with Crippen LogP contribution in [0.15, 0.2) is 30.6 Å². The minimum Gasteiger partial charge on any atom is -0.452 e. The van der Waals surface area contributed by atoms with Gasteiger partial charge in [0.25, 0.3) is 11.7 Å². The third-order valence-corrected chi connectivity index (χ3v) is 4.46. The fraction of sp³-hybridized carbons (Fsp3) is 0.389. The Kier molecular flexibility index (Phi) is 4.02. The molecule has 1 aromatic heterocycles. The van der Waals surface area contributed by atoms with Crippen LogP contribution in [-0.2, 0) is 16.6 Å². The van der Waals surface area contributed by atoms with E-state index in [4.69, 9.17) is 14.2 Å². The third kappa shape index (κ3) is 3.22. The van der Waals surface area contributed by atoms with Gasteiger partial charge in [-0.2, -0.15) is 5.10 Å². The van der Waals surface area contributed by atoms with Gasteiger partial charge in [0.1, 0.15) is 0 Å². The summed E-state index contributed by atoms with van der Waals surface area (Å²) in [6.07, 6.45) is 6.81. The lowest BCUT2D eigenvalue weighted by Gasteiger charge is -2.21. The van der Waals surface area contributed by atoms with E-state index in [1.54, 1.807) is 25.2 Å². The van der Waals surface area contributed by atoms with E-state index in [-0.39, 0.29) is 6.61 Å². The predicted molar refractivity (Wildman–Crippen MR) is 91.0 cm³/mol. The topological polar surface area (TPSA) is 91.7 Å². The van der Waals surface area contributed by atoms with Crippen LogP contribution in [0, 0.1) is 0 Å². The number of carbonyl (C=O) groups is 2. The van der Waals surface area contributed by atoms with Gasteiger partial charge in [-0.3, -0.25) is 9.48 Å². The van der Waals surface area contributed by atoms with Crippen molar-refractivity contribution in [2.24, 2.45) is 7.05 Å². The van der Waals surface area contributed by atoms with Gasteiger partial charge in [-0.25, -0.2) is 4.79 Å². The first-order valence-electron chi connectivity index (χ1n) is 8.51. The molecule has 1 aromatic carbocycles. The standard InChI is InChI=1S/C18H19N3O5/c1-21-10-12(9-19-21)17(23)24-11-16(22)20-13-4-5-14-15(8-13)26-18(25-14)6-2-3-7-18/h4-5,8-10H,2-3,6-7,11H2,1H3,(H,20,22). The number of benzene rings is 1. The molecule has 2 aliphatic rings. The van der Waals surface area contributed by atoms with Crippen LogP contribution in [0.5, 0.6) is 11.5 Å².